The predicted molar refractivity (Wildman–Crippen MR) is 77.9 cm³/mol. The first-order valence-electron chi connectivity index (χ1n) is 8.56. The van der Waals surface area contributed by atoms with Gasteiger partial charge in [0, 0.05) is 19.0 Å². The van der Waals surface area contributed by atoms with Crippen LogP contribution in [-0.2, 0) is 11.2 Å². The molecule has 1 saturated carbocycles. The van der Waals surface area contributed by atoms with Gasteiger partial charge < -0.3 is 9.26 Å². The Balaban J connectivity index is 1.37. The highest BCUT2D eigenvalue weighted by Crippen LogP contribution is 2.30. The van der Waals surface area contributed by atoms with Gasteiger partial charge in [-0.2, -0.15) is 4.98 Å². The van der Waals surface area contributed by atoms with Crippen molar-refractivity contribution < 1.29 is 9.26 Å². The highest BCUT2D eigenvalue weighted by atomic mass is 16.5. The Kier molecular flexibility index (Phi) is 3.95. The quantitative estimate of drug-likeness (QED) is 0.857. The fourth-order valence-corrected chi connectivity index (χ4v) is 4.09. The maximum absolute atomic E-state index is 5.95. The van der Waals surface area contributed by atoms with E-state index in [1.165, 1.54) is 51.5 Å². The van der Waals surface area contributed by atoms with Crippen LogP contribution in [0.3, 0.4) is 0 Å². The topological polar surface area (TPSA) is 51.4 Å². The first-order chi connectivity index (χ1) is 10.4. The van der Waals surface area contributed by atoms with Crippen LogP contribution in [0.2, 0.25) is 0 Å². The van der Waals surface area contributed by atoms with E-state index in [9.17, 15) is 0 Å². The second kappa shape index (κ2) is 6.05. The molecule has 0 spiro atoms. The molecule has 3 aliphatic rings. The summed E-state index contributed by atoms with van der Waals surface area (Å²) in [6, 6.07) is 0.620. The van der Waals surface area contributed by atoms with Gasteiger partial charge in [0.1, 0.15) is 6.10 Å². The molecule has 2 saturated heterocycles. The van der Waals surface area contributed by atoms with Gasteiger partial charge in [0.25, 0.3) is 0 Å². The predicted octanol–water partition coefficient (Wildman–Crippen LogP) is 2.73. The van der Waals surface area contributed by atoms with Crippen molar-refractivity contribution in [3.05, 3.63) is 11.7 Å². The third-order valence-corrected chi connectivity index (χ3v) is 5.35. The van der Waals surface area contributed by atoms with Gasteiger partial charge in [-0.05, 0) is 38.1 Å². The molecule has 0 unspecified atom stereocenters. The van der Waals surface area contributed by atoms with E-state index in [-0.39, 0.29) is 6.10 Å². The van der Waals surface area contributed by atoms with E-state index in [0.29, 0.717) is 6.04 Å². The number of rotatable bonds is 3. The van der Waals surface area contributed by atoms with E-state index in [1.807, 2.05) is 0 Å². The molecule has 5 heteroatoms. The van der Waals surface area contributed by atoms with Crippen molar-refractivity contribution in [3.8, 4) is 0 Å². The minimum absolute atomic E-state index is 0.00297. The van der Waals surface area contributed by atoms with E-state index in [0.717, 1.165) is 37.2 Å². The van der Waals surface area contributed by atoms with Gasteiger partial charge in [-0.25, -0.2) is 0 Å². The minimum atomic E-state index is 0.00297. The molecule has 1 aromatic heterocycles. The standard InChI is InChI=1S/C16H25N3O2/c1-2-5-12(6-3-1)9-15-17-16(18-21-15)14-10-19-8-4-7-13(19)11-20-14/h12-14H,1-11H2/t13-,14+/m0/s1. The number of morpholine rings is 1. The summed E-state index contributed by atoms with van der Waals surface area (Å²) in [4.78, 5) is 7.13. The Morgan fingerprint density at radius 2 is 2.00 bits per heavy atom. The van der Waals surface area contributed by atoms with E-state index in [2.05, 4.69) is 15.0 Å². The van der Waals surface area contributed by atoms with Gasteiger partial charge in [-0.15, -0.1) is 0 Å². The van der Waals surface area contributed by atoms with Gasteiger partial charge in [0.15, 0.2) is 0 Å². The summed E-state index contributed by atoms with van der Waals surface area (Å²) in [6.07, 6.45) is 10.2. The maximum atomic E-state index is 5.95. The number of ether oxygens (including phenoxy) is 1. The number of hydrogen-bond donors (Lipinski definition) is 0. The van der Waals surface area contributed by atoms with Crippen LogP contribution in [0.15, 0.2) is 4.52 Å². The van der Waals surface area contributed by atoms with Gasteiger partial charge >= 0.3 is 0 Å². The molecule has 2 aliphatic heterocycles. The van der Waals surface area contributed by atoms with E-state index >= 15 is 0 Å². The van der Waals surface area contributed by atoms with Gasteiger partial charge in [-0.3, -0.25) is 4.90 Å². The van der Waals surface area contributed by atoms with Crippen LogP contribution >= 0.6 is 0 Å². The lowest BCUT2D eigenvalue weighted by Gasteiger charge is -2.33. The van der Waals surface area contributed by atoms with Crippen LogP contribution in [0, 0.1) is 5.92 Å². The third kappa shape index (κ3) is 2.99. The second-order valence-corrected chi connectivity index (χ2v) is 6.87. The summed E-state index contributed by atoms with van der Waals surface area (Å²) >= 11 is 0. The van der Waals surface area contributed by atoms with Crippen molar-refractivity contribution in [2.45, 2.75) is 63.5 Å². The highest BCUT2D eigenvalue weighted by Gasteiger charge is 2.35. The first-order valence-corrected chi connectivity index (χ1v) is 8.56. The monoisotopic (exact) mass is 291 g/mol. The molecule has 3 fully saturated rings. The highest BCUT2D eigenvalue weighted by molar-refractivity contribution is 4.97. The Bertz CT molecular complexity index is 470. The van der Waals surface area contributed by atoms with Crippen LogP contribution in [0.5, 0.6) is 0 Å². The lowest BCUT2D eigenvalue weighted by Crippen LogP contribution is -2.42. The molecule has 0 aromatic carbocycles. The van der Waals surface area contributed by atoms with Crippen molar-refractivity contribution in [2.24, 2.45) is 5.92 Å². The van der Waals surface area contributed by atoms with E-state index in [4.69, 9.17) is 9.26 Å². The molecule has 5 nitrogen and oxygen atoms in total. The van der Waals surface area contributed by atoms with Gasteiger partial charge in [-0.1, -0.05) is 24.4 Å². The van der Waals surface area contributed by atoms with Crippen LogP contribution in [0.25, 0.3) is 0 Å². The van der Waals surface area contributed by atoms with Crippen LogP contribution < -0.4 is 0 Å². The van der Waals surface area contributed by atoms with Crippen molar-refractivity contribution >= 4 is 0 Å². The van der Waals surface area contributed by atoms with Crippen LogP contribution in [0.4, 0.5) is 0 Å². The van der Waals surface area contributed by atoms with E-state index < -0.39 is 0 Å². The summed E-state index contributed by atoms with van der Waals surface area (Å²) in [5.74, 6) is 2.30. The Hall–Kier alpha value is -0.940. The Labute approximate surface area is 126 Å². The van der Waals surface area contributed by atoms with Crippen molar-refractivity contribution in [2.75, 3.05) is 19.7 Å². The molecule has 2 atom stereocenters. The molecular formula is C16H25N3O2. The molecule has 4 rings (SSSR count). The number of aromatic nitrogens is 2. The zero-order valence-electron chi connectivity index (χ0n) is 12.7. The first kappa shape index (κ1) is 13.7. The number of fused-ring (bicyclic) bond motifs is 1. The normalized spacial score (nSPS) is 31.4. The smallest absolute Gasteiger partial charge is 0.227 e. The fourth-order valence-electron chi connectivity index (χ4n) is 4.09. The SMILES string of the molecule is C1CCC(Cc2nc([C@H]3CN4CCC[C@H]4CO3)no2)CC1. The van der Waals surface area contributed by atoms with Crippen molar-refractivity contribution in [3.63, 3.8) is 0 Å². The largest absolute Gasteiger partial charge is 0.367 e. The lowest BCUT2D eigenvalue weighted by atomic mass is 9.87. The lowest BCUT2D eigenvalue weighted by molar-refractivity contribution is -0.0548. The minimum Gasteiger partial charge on any atom is -0.367 e. The Morgan fingerprint density at radius 1 is 1.10 bits per heavy atom. The van der Waals surface area contributed by atoms with Crippen LogP contribution in [-0.4, -0.2) is 40.8 Å². The molecule has 1 aromatic rings. The molecule has 116 valence electrons. The summed E-state index contributed by atoms with van der Waals surface area (Å²) in [5.41, 5.74) is 0. The number of hydrogen-bond acceptors (Lipinski definition) is 5. The van der Waals surface area contributed by atoms with Crippen molar-refractivity contribution in [1.82, 2.24) is 15.0 Å². The zero-order chi connectivity index (χ0) is 14.1. The molecule has 1 aliphatic carbocycles. The summed E-state index contributed by atoms with van der Waals surface area (Å²) in [6.45, 7) is 2.93. The van der Waals surface area contributed by atoms with E-state index in [1.54, 1.807) is 0 Å². The fraction of sp³-hybridized carbons (Fsp3) is 0.875. The average Bonchev–Trinajstić information content (AvgIpc) is 3.16. The second-order valence-electron chi connectivity index (χ2n) is 6.87. The molecule has 0 bridgehead atoms. The average molecular weight is 291 g/mol. The third-order valence-electron chi connectivity index (χ3n) is 5.35. The summed E-state index contributed by atoms with van der Waals surface area (Å²) < 4.78 is 11.4. The van der Waals surface area contributed by atoms with Gasteiger partial charge in [0.05, 0.1) is 6.61 Å². The molecule has 0 amide bonds. The molecule has 0 radical (unpaired) electrons. The summed E-state index contributed by atoms with van der Waals surface area (Å²) in [7, 11) is 0. The molecule has 0 N–H and O–H groups in total. The molecule has 3 heterocycles. The summed E-state index contributed by atoms with van der Waals surface area (Å²) in [5, 5.41) is 4.18. The Morgan fingerprint density at radius 3 is 2.90 bits per heavy atom. The van der Waals surface area contributed by atoms with Gasteiger partial charge in [0.2, 0.25) is 11.7 Å². The number of nitrogens with zero attached hydrogens (tertiary/aromatic N) is 3. The van der Waals surface area contributed by atoms with Crippen LogP contribution in [0.1, 0.15) is 62.8 Å². The zero-order valence-corrected chi connectivity index (χ0v) is 12.7. The molecule has 21 heavy (non-hydrogen) atoms. The van der Waals surface area contributed by atoms with Crippen molar-refractivity contribution in [1.29, 1.82) is 0 Å². The molecular weight excluding hydrogens is 266 g/mol. The maximum Gasteiger partial charge on any atom is 0.227 e.